The SMILES string of the molecule is CC(c1ccc(-c2ccccc2)c(F)c1)c1onc(CN=C(N)N(C)C)c1CC(=O)O. The average Bonchev–Trinajstić information content (AvgIpc) is 3.13. The van der Waals surface area contributed by atoms with Crippen molar-refractivity contribution in [2.45, 2.75) is 25.8 Å². The lowest BCUT2D eigenvalue weighted by Crippen LogP contribution is -2.30. The smallest absolute Gasteiger partial charge is 0.308 e. The fraction of sp³-hybridized carbons (Fsp3) is 0.261. The molecular formula is C23H25FN4O3. The van der Waals surface area contributed by atoms with Crippen LogP contribution in [0.5, 0.6) is 0 Å². The molecule has 3 aromatic rings. The molecule has 0 saturated carbocycles. The van der Waals surface area contributed by atoms with Crippen molar-refractivity contribution in [3.05, 3.63) is 76.9 Å². The van der Waals surface area contributed by atoms with Crippen LogP contribution in [0, 0.1) is 5.82 Å². The van der Waals surface area contributed by atoms with Gasteiger partial charge in [0.25, 0.3) is 0 Å². The zero-order valence-corrected chi connectivity index (χ0v) is 17.7. The van der Waals surface area contributed by atoms with Gasteiger partial charge in [-0.25, -0.2) is 9.38 Å². The lowest BCUT2D eigenvalue weighted by atomic mass is 9.92. The average molecular weight is 424 g/mol. The van der Waals surface area contributed by atoms with Gasteiger partial charge in [0.15, 0.2) is 5.96 Å². The molecule has 0 aliphatic carbocycles. The maximum absolute atomic E-state index is 14.8. The van der Waals surface area contributed by atoms with Crippen molar-refractivity contribution in [2.24, 2.45) is 10.7 Å². The highest BCUT2D eigenvalue weighted by Gasteiger charge is 2.24. The number of aliphatic carboxylic acids is 1. The molecule has 0 radical (unpaired) electrons. The number of carboxylic acids is 1. The minimum absolute atomic E-state index is 0.0875. The lowest BCUT2D eigenvalue weighted by molar-refractivity contribution is -0.136. The van der Waals surface area contributed by atoms with E-state index in [4.69, 9.17) is 10.3 Å². The van der Waals surface area contributed by atoms with E-state index in [9.17, 15) is 14.3 Å². The number of halogens is 1. The quantitative estimate of drug-likeness (QED) is 0.443. The van der Waals surface area contributed by atoms with E-state index in [0.717, 1.165) is 5.56 Å². The Balaban J connectivity index is 1.93. The molecule has 1 heterocycles. The van der Waals surface area contributed by atoms with Gasteiger partial charge in [-0.15, -0.1) is 0 Å². The normalized spacial score (nSPS) is 12.6. The van der Waals surface area contributed by atoms with Gasteiger partial charge in [-0.05, 0) is 17.2 Å². The second-order valence-electron chi connectivity index (χ2n) is 7.44. The number of guanidine groups is 1. The Morgan fingerprint density at radius 3 is 2.58 bits per heavy atom. The van der Waals surface area contributed by atoms with E-state index in [0.29, 0.717) is 28.1 Å². The van der Waals surface area contributed by atoms with E-state index in [1.807, 2.05) is 43.3 Å². The summed E-state index contributed by atoms with van der Waals surface area (Å²) in [5.74, 6) is -1.11. The number of nitrogens with two attached hydrogens (primary N) is 1. The number of hydrogen-bond acceptors (Lipinski definition) is 4. The van der Waals surface area contributed by atoms with Crippen molar-refractivity contribution in [3.63, 3.8) is 0 Å². The summed E-state index contributed by atoms with van der Waals surface area (Å²) in [4.78, 5) is 17.3. The van der Waals surface area contributed by atoms with Gasteiger partial charge in [0.1, 0.15) is 17.3 Å². The Hall–Kier alpha value is -3.68. The van der Waals surface area contributed by atoms with Crippen LogP contribution >= 0.6 is 0 Å². The van der Waals surface area contributed by atoms with Gasteiger partial charge in [0, 0.05) is 31.1 Å². The van der Waals surface area contributed by atoms with Gasteiger partial charge in [0.05, 0.1) is 13.0 Å². The van der Waals surface area contributed by atoms with Crippen molar-refractivity contribution in [3.8, 4) is 11.1 Å². The molecule has 3 rings (SSSR count). The molecule has 0 bridgehead atoms. The first-order chi connectivity index (χ1) is 14.8. The molecule has 0 aliphatic heterocycles. The highest BCUT2D eigenvalue weighted by Crippen LogP contribution is 2.32. The highest BCUT2D eigenvalue weighted by atomic mass is 19.1. The van der Waals surface area contributed by atoms with Gasteiger partial charge in [0.2, 0.25) is 0 Å². The third kappa shape index (κ3) is 5.09. The third-order valence-corrected chi connectivity index (χ3v) is 5.05. The van der Waals surface area contributed by atoms with Gasteiger partial charge in [-0.3, -0.25) is 4.79 Å². The number of nitrogens with zero attached hydrogens (tertiary/aromatic N) is 3. The zero-order valence-electron chi connectivity index (χ0n) is 17.7. The number of carboxylic acid groups (broad SMARTS) is 1. The zero-order chi connectivity index (χ0) is 22.5. The first-order valence-electron chi connectivity index (χ1n) is 9.79. The van der Waals surface area contributed by atoms with Crippen molar-refractivity contribution in [1.29, 1.82) is 0 Å². The monoisotopic (exact) mass is 424 g/mol. The van der Waals surface area contributed by atoms with E-state index in [2.05, 4.69) is 10.1 Å². The van der Waals surface area contributed by atoms with Crippen molar-refractivity contribution in [2.75, 3.05) is 14.1 Å². The van der Waals surface area contributed by atoms with Crippen molar-refractivity contribution < 1.29 is 18.8 Å². The molecule has 0 amide bonds. The molecule has 1 atom stereocenters. The maximum atomic E-state index is 14.8. The van der Waals surface area contributed by atoms with Crippen LogP contribution in [0.25, 0.3) is 11.1 Å². The van der Waals surface area contributed by atoms with Crippen LogP contribution in [-0.4, -0.2) is 41.2 Å². The van der Waals surface area contributed by atoms with Gasteiger partial charge in [-0.1, -0.05) is 54.5 Å². The molecule has 0 spiro atoms. The number of carbonyl (C=O) groups is 1. The van der Waals surface area contributed by atoms with Gasteiger partial charge in [-0.2, -0.15) is 0 Å². The number of rotatable bonds is 7. The summed E-state index contributed by atoms with van der Waals surface area (Å²) in [7, 11) is 3.50. The Morgan fingerprint density at radius 2 is 1.97 bits per heavy atom. The topological polar surface area (TPSA) is 105 Å². The second kappa shape index (κ2) is 9.42. The predicted molar refractivity (Wildman–Crippen MR) is 116 cm³/mol. The summed E-state index contributed by atoms with van der Waals surface area (Å²) < 4.78 is 20.3. The summed E-state index contributed by atoms with van der Waals surface area (Å²) in [5, 5.41) is 13.4. The van der Waals surface area contributed by atoms with Gasteiger partial charge < -0.3 is 20.3 Å². The Labute approximate surface area is 180 Å². The second-order valence-corrected chi connectivity index (χ2v) is 7.44. The minimum atomic E-state index is -1.02. The Bertz CT molecular complexity index is 1090. The summed E-state index contributed by atoms with van der Waals surface area (Å²) in [5.41, 5.74) is 8.57. The van der Waals surface area contributed by atoms with Crippen molar-refractivity contribution in [1.82, 2.24) is 10.1 Å². The van der Waals surface area contributed by atoms with Crippen LogP contribution in [0.15, 0.2) is 58.0 Å². The Kier molecular flexibility index (Phi) is 6.69. The fourth-order valence-electron chi connectivity index (χ4n) is 3.26. The van der Waals surface area contributed by atoms with E-state index in [1.54, 1.807) is 25.1 Å². The number of hydrogen-bond donors (Lipinski definition) is 2. The molecule has 7 nitrogen and oxygen atoms in total. The number of aromatic nitrogens is 1. The van der Waals surface area contributed by atoms with Crippen LogP contribution in [0.4, 0.5) is 4.39 Å². The van der Waals surface area contributed by atoms with Crippen molar-refractivity contribution >= 4 is 11.9 Å². The first kappa shape index (κ1) is 22.0. The molecule has 162 valence electrons. The van der Waals surface area contributed by atoms with Crippen LogP contribution in [0.3, 0.4) is 0 Å². The summed E-state index contributed by atoms with van der Waals surface area (Å²) in [6, 6.07) is 14.2. The standard InChI is InChI=1S/C23H25FN4O3/c1-14(16-9-10-17(19(24)11-16)15-7-5-4-6-8-15)22-18(12-21(29)30)20(27-31-22)13-26-23(25)28(2)3/h4-11,14H,12-13H2,1-3H3,(H2,25,26)(H,29,30). The lowest BCUT2D eigenvalue weighted by Gasteiger charge is -2.13. The maximum Gasteiger partial charge on any atom is 0.308 e. The van der Waals surface area contributed by atoms with Gasteiger partial charge >= 0.3 is 5.97 Å². The molecule has 8 heteroatoms. The van der Waals surface area contributed by atoms with Crippen LogP contribution in [-0.2, 0) is 17.8 Å². The molecule has 31 heavy (non-hydrogen) atoms. The Morgan fingerprint density at radius 1 is 1.26 bits per heavy atom. The summed E-state index contributed by atoms with van der Waals surface area (Å²) in [6.07, 6.45) is -0.277. The summed E-state index contributed by atoms with van der Waals surface area (Å²) >= 11 is 0. The molecule has 2 aromatic carbocycles. The molecule has 3 N–H and O–H groups in total. The minimum Gasteiger partial charge on any atom is -0.481 e. The van der Waals surface area contributed by atoms with E-state index in [1.165, 1.54) is 6.07 Å². The fourth-order valence-corrected chi connectivity index (χ4v) is 3.26. The molecular weight excluding hydrogens is 399 g/mol. The highest BCUT2D eigenvalue weighted by molar-refractivity contribution is 5.77. The first-order valence-corrected chi connectivity index (χ1v) is 9.79. The van der Waals surface area contributed by atoms with Crippen LogP contribution in [0.1, 0.15) is 35.4 Å². The van der Waals surface area contributed by atoms with E-state index >= 15 is 0 Å². The largest absolute Gasteiger partial charge is 0.481 e. The molecule has 1 unspecified atom stereocenters. The molecule has 0 aliphatic rings. The molecule has 1 aromatic heterocycles. The third-order valence-electron chi connectivity index (χ3n) is 5.05. The van der Waals surface area contributed by atoms with E-state index in [-0.39, 0.29) is 24.7 Å². The molecule has 0 fully saturated rings. The van der Waals surface area contributed by atoms with E-state index < -0.39 is 11.9 Å². The van der Waals surface area contributed by atoms with Crippen LogP contribution < -0.4 is 5.73 Å². The predicted octanol–water partition coefficient (Wildman–Crippen LogP) is 3.64. The number of benzene rings is 2. The van der Waals surface area contributed by atoms with Crippen LogP contribution in [0.2, 0.25) is 0 Å². The molecule has 0 saturated heterocycles. The summed E-state index contributed by atoms with van der Waals surface area (Å²) in [6.45, 7) is 1.91. The number of aliphatic imine (C=N–C) groups is 1.